The Morgan fingerprint density at radius 1 is 1.28 bits per heavy atom. The van der Waals surface area contributed by atoms with Crippen LogP contribution in [0.2, 0.25) is 5.02 Å². The minimum absolute atomic E-state index is 0. The molecular weight excluding hydrogens is 365 g/mol. The van der Waals surface area contributed by atoms with E-state index in [4.69, 9.17) is 22.1 Å². The van der Waals surface area contributed by atoms with Gasteiger partial charge in [-0.3, -0.25) is 9.59 Å². The highest BCUT2D eigenvalue weighted by molar-refractivity contribution is 6.31. The van der Waals surface area contributed by atoms with Gasteiger partial charge in [0.1, 0.15) is 5.75 Å². The molecule has 6 nitrogen and oxygen atoms in total. The first-order valence-electron chi connectivity index (χ1n) is 8.04. The summed E-state index contributed by atoms with van der Waals surface area (Å²) in [6, 6.07) is 4.97. The SMILES string of the molecule is CCC(CC)(CN)C(=O)NCCC(=O)Nc1cc(Cl)ccc1OC.Cl. The van der Waals surface area contributed by atoms with Crippen molar-refractivity contribution < 1.29 is 14.3 Å². The molecule has 25 heavy (non-hydrogen) atoms. The quantitative estimate of drug-likeness (QED) is 0.602. The van der Waals surface area contributed by atoms with Gasteiger partial charge in [0.2, 0.25) is 11.8 Å². The molecule has 0 saturated carbocycles. The molecule has 1 aromatic rings. The molecule has 0 aliphatic rings. The van der Waals surface area contributed by atoms with E-state index in [0.717, 1.165) is 0 Å². The third-order valence-electron chi connectivity index (χ3n) is 4.30. The largest absolute Gasteiger partial charge is 0.495 e. The molecule has 142 valence electrons. The molecule has 0 saturated heterocycles. The number of halogens is 2. The van der Waals surface area contributed by atoms with Gasteiger partial charge in [-0.2, -0.15) is 0 Å². The predicted molar refractivity (Wildman–Crippen MR) is 104 cm³/mol. The molecule has 0 heterocycles. The van der Waals surface area contributed by atoms with E-state index in [1.807, 2.05) is 13.8 Å². The summed E-state index contributed by atoms with van der Waals surface area (Å²) in [7, 11) is 1.51. The molecule has 0 fully saturated rings. The summed E-state index contributed by atoms with van der Waals surface area (Å²) >= 11 is 5.93. The second kappa shape index (κ2) is 11.2. The Hall–Kier alpha value is -1.50. The molecule has 0 bridgehead atoms. The molecule has 0 aromatic heterocycles. The number of anilines is 1. The van der Waals surface area contributed by atoms with Gasteiger partial charge in [-0.25, -0.2) is 0 Å². The van der Waals surface area contributed by atoms with Crippen LogP contribution in [0.4, 0.5) is 5.69 Å². The molecule has 1 rings (SSSR count). The van der Waals surface area contributed by atoms with Crippen LogP contribution in [0.25, 0.3) is 0 Å². The maximum absolute atomic E-state index is 12.3. The zero-order valence-corrected chi connectivity index (χ0v) is 16.4. The third kappa shape index (κ3) is 6.38. The lowest BCUT2D eigenvalue weighted by atomic mass is 9.81. The summed E-state index contributed by atoms with van der Waals surface area (Å²) in [5.41, 5.74) is 5.68. The van der Waals surface area contributed by atoms with Gasteiger partial charge in [-0.15, -0.1) is 12.4 Å². The van der Waals surface area contributed by atoms with Gasteiger partial charge < -0.3 is 21.1 Å². The number of methoxy groups -OCH3 is 1. The van der Waals surface area contributed by atoms with Crippen molar-refractivity contribution in [3.63, 3.8) is 0 Å². The number of carbonyl (C=O) groups excluding carboxylic acids is 2. The molecule has 0 spiro atoms. The maximum Gasteiger partial charge on any atom is 0.227 e. The van der Waals surface area contributed by atoms with Crippen LogP contribution >= 0.6 is 24.0 Å². The van der Waals surface area contributed by atoms with Crippen LogP contribution in [0.5, 0.6) is 5.75 Å². The second-order valence-electron chi connectivity index (χ2n) is 5.59. The number of hydrogen-bond donors (Lipinski definition) is 3. The molecule has 1 aromatic carbocycles. The minimum Gasteiger partial charge on any atom is -0.495 e. The van der Waals surface area contributed by atoms with E-state index in [2.05, 4.69) is 10.6 Å². The molecule has 8 heteroatoms. The Morgan fingerprint density at radius 3 is 2.44 bits per heavy atom. The highest BCUT2D eigenvalue weighted by Gasteiger charge is 2.32. The van der Waals surface area contributed by atoms with Crippen LogP contribution in [0, 0.1) is 5.41 Å². The van der Waals surface area contributed by atoms with E-state index < -0.39 is 5.41 Å². The first-order valence-corrected chi connectivity index (χ1v) is 8.42. The van der Waals surface area contributed by atoms with E-state index >= 15 is 0 Å². The summed E-state index contributed by atoms with van der Waals surface area (Å²) in [6.07, 6.45) is 1.48. The Kier molecular flexibility index (Phi) is 10.5. The van der Waals surface area contributed by atoms with Crippen LogP contribution < -0.4 is 21.1 Å². The molecule has 2 amide bonds. The molecule has 0 unspecified atom stereocenters. The third-order valence-corrected chi connectivity index (χ3v) is 4.53. The first kappa shape index (κ1) is 23.5. The van der Waals surface area contributed by atoms with E-state index in [-0.39, 0.29) is 43.7 Å². The van der Waals surface area contributed by atoms with Crippen molar-refractivity contribution in [1.82, 2.24) is 5.32 Å². The monoisotopic (exact) mass is 391 g/mol. The van der Waals surface area contributed by atoms with Crippen molar-refractivity contribution >= 4 is 41.5 Å². The van der Waals surface area contributed by atoms with Crippen LogP contribution in [0.1, 0.15) is 33.1 Å². The number of carbonyl (C=O) groups is 2. The van der Waals surface area contributed by atoms with Crippen LogP contribution in [-0.2, 0) is 9.59 Å². The van der Waals surface area contributed by atoms with Crippen molar-refractivity contribution in [2.24, 2.45) is 11.1 Å². The fraction of sp³-hybridized carbons (Fsp3) is 0.529. The molecule has 0 aliphatic carbocycles. The predicted octanol–water partition coefficient (Wildman–Crippen LogP) is 2.98. The first-order chi connectivity index (χ1) is 11.4. The standard InChI is InChI=1S/C17H26ClN3O3.ClH/c1-4-17(5-2,11-19)16(23)20-9-8-15(22)21-13-10-12(18)6-7-14(13)24-3;/h6-7,10H,4-5,8-9,11,19H2,1-3H3,(H,20,23)(H,21,22);1H. The Bertz CT molecular complexity index is 570. The second-order valence-corrected chi connectivity index (χ2v) is 6.03. The van der Waals surface area contributed by atoms with Crippen LogP contribution in [0.15, 0.2) is 18.2 Å². The van der Waals surface area contributed by atoms with E-state index in [1.165, 1.54) is 7.11 Å². The number of ether oxygens (including phenoxy) is 1. The van der Waals surface area contributed by atoms with Crippen LogP contribution in [0.3, 0.4) is 0 Å². The van der Waals surface area contributed by atoms with Crippen molar-refractivity contribution in [2.75, 3.05) is 25.5 Å². The van der Waals surface area contributed by atoms with Crippen molar-refractivity contribution in [1.29, 1.82) is 0 Å². The van der Waals surface area contributed by atoms with E-state index in [1.54, 1.807) is 18.2 Å². The number of amides is 2. The highest BCUT2D eigenvalue weighted by atomic mass is 35.5. The van der Waals surface area contributed by atoms with Gasteiger partial charge in [-0.05, 0) is 31.0 Å². The maximum atomic E-state index is 12.3. The fourth-order valence-corrected chi connectivity index (χ4v) is 2.59. The normalized spacial score (nSPS) is 10.6. The van der Waals surface area contributed by atoms with Crippen molar-refractivity contribution in [2.45, 2.75) is 33.1 Å². The van der Waals surface area contributed by atoms with Crippen LogP contribution in [-0.4, -0.2) is 32.0 Å². The summed E-state index contributed by atoms with van der Waals surface area (Å²) in [5.74, 6) is 0.182. The number of rotatable bonds is 9. The summed E-state index contributed by atoms with van der Waals surface area (Å²) in [5, 5.41) is 6.03. The van der Waals surface area contributed by atoms with Crippen molar-refractivity contribution in [3.05, 3.63) is 23.2 Å². The highest BCUT2D eigenvalue weighted by Crippen LogP contribution is 2.28. The van der Waals surface area contributed by atoms with Gasteiger partial charge in [0.05, 0.1) is 18.2 Å². The lowest BCUT2D eigenvalue weighted by Crippen LogP contribution is -2.45. The lowest BCUT2D eigenvalue weighted by molar-refractivity contribution is -0.131. The van der Waals surface area contributed by atoms with Crippen molar-refractivity contribution in [3.8, 4) is 5.75 Å². The number of benzene rings is 1. The smallest absolute Gasteiger partial charge is 0.227 e. The topological polar surface area (TPSA) is 93.5 Å². The Morgan fingerprint density at radius 2 is 1.92 bits per heavy atom. The summed E-state index contributed by atoms with van der Waals surface area (Å²) in [6.45, 7) is 4.41. The molecule has 0 atom stereocenters. The number of nitrogens with one attached hydrogen (secondary N) is 2. The van der Waals surface area contributed by atoms with Gasteiger partial charge in [0.25, 0.3) is 0 Å². The lowest BCUT2D eigenvalue weighted by Gasteiger charge is -2.28. The molecule has 0 aliphatic heterocycles. The summed E-state index contributed by atoms with van der Waals surface area (Å²) in [4.78, 5) is 24.3. The zero-order chi connectivity index (χ0) is 18.2. The van der Waals surface area contributed by atoms with Gasteiger partial charge >= 0.3 is 0 Å². The summed E-state index contributed by atoms with van der Waals surface area (Å²) < 4.78 is 5.18. The molecule has 4 N–H and O–H groups in total. The average Bonchev–Trinajstić information content (AvgIpc) is 2.57. The Labute approximate surface area is 160 Å². The fourth-order valence-electron chi connectivity index (χ4n) is 2.42. The molecule has 0 radical (unpaired) electrons. The van der Waals surface area contributed by atoms with Gasteiger partial charge in [-0.1, -0.05) is 25.4 Å². The molecular formula is C17H27Cl2N3O3. The zero-order valence-electron chi connectivity index (χ0n) is 14.9. The Balaban J connectivity index is 0.00000576. The van der Waals surface area contributed by atoms with Gasteiger partial charge in [0, 0.05) is 24.5 Å². The number of hydrogen-bond acceptors (Lipinski definition) is 4. The average molecular weight is 392 g/mol. The van der Waals surface area contributed by atoms with E-state index in [0.29, 0.717) is 29.3 Å². The number of nitrogens with two attached hydrogens (primary N) is 1. The minimum atomic E-state index is -0.563. The van der Waals surface area contributed by atoms with Gasteiger partial charge in [0.15, 0.2) is 0 Å². The van der Waals surface area contributed by atoms with E-state index in [9.17, 15) is 9.59 Å².